The summed E-state index contributed by atoms with van der Waals surface area (Å²) in [6.07, 6.45) is 4.47. The van der Waals surface area contributed by atoms with E-state index in [2.05, 4.69) is 0 Å². The molecule has 0 spiro atoms. The van der Waals surface area contributed by atoms with Crippen molar-refractivity contribution in [3.63, 3.8) is 0 Å². The monoisotopic (exact) mass is 505 g/mol. The molecule has 34 heavy (non-hydrogen) atoms. The number of hydrogen-bond donors (Lipinski definition) is 2. The first kappa shape index (κ1) is 24.2. The van der Waals surface area contributed by atoms with Crippen molar-refractivity contribution in [1.82, 2.24) is 4.90 Å². The van der Waals surface area contributed by atoms with E-state index in [4.69, 9.17) is 32.7 Å². The van der Waals surface area contributed by atoms with Crippen molar-refractivity contribution in [2.24, 2.45) is 0 Å². The highest BCUT2D eigenvalue weighted by Crippen LogP contribution is 2.46. The number of ketones is 1. The molecule has 2 aliphatic rings. The minimum atomic E-state index is -0.882. The molecule has 0 bridgehead atoms. The molecule has 0 aromatic heterocycles. The third-order valence-electron chi connectivity index (χ3n) is 6.46. The molecule has 1 atom stereocenters. The molecular weight excluding hydrogens is 481 g/mol. The molecule has 180 valence electrons. The van der Waals surface area contributed by atoms with E-state index in [0.717, 1.165) is 32.1 Å². The van der Waals surface area contributed by atoms with Crippen LogP contribution in [0.1, 0.15) is 49.3 Å². The van der Waals surface area contributed by atoms with Gasteiger partial charge in [-0.2, -0.15) is 0 Å². The molecule has 1 aliphatic carbocycles. The first-order valence-corrected chi connectivity index (χ1v) is 11.7. The number of ether oxygens (including phenoxy) is 2. The zero-order valence-electron chi connectivity index (χ0n) is 18.8. The molecule has 1 saturated heterocycles. The highest BCUT2D eigenvalue weighted by molar-refractivity contribution is 6.46. The van der Waals surface area contributed by atoms with Crippen LogP contribution in [0.2, 0.25) is 10.0 Å². The number of hydrogen-bond acceptors (Lipinski definition) is 6. The van der Waals surface area contributed by atoms with Crippen LogP contribution in [-0.4, -0.2) is 47.1 Å². The van der Waals surface area contributed by atoms with Gasteiger partial charge in [0.2, 0.25) is 0 Å². The van der Waals surface area contributed by atoms with Crippen LogP contribution in [0.5, 0.6) is 17.2 Å². The van der Waals surface area contributed by atoms with Crippen molar-refractivity contribution in [1.29, 1.82) is 0 Å². The lowest BCUT2D eigenvalue weighted by molar-refractivity contribution is -0.141. The van der Waals surface area contributed by atoms with Crippen LogP contribution >= 0.6 is 23.2 Å². The Labute approximate surface area is 207 Å². The number of phenolic OH excluding ortho intramolecular Hbond substituents is 1. The van der Waals surface area contributed by atoms with Gasteiger partial charge in [-0.15, -0.1) is 0 Å². The molecule has 2 N–H and O–H groups in total. The highest BCUT2D eigenvalue weighted by atomic mass is 35.5. The standard InChI is InChI=1S/C25H25Cl2NO6/c1-33-19-12-17(27)20(34-2)11-15(19)23(30)21-22(13-8-9-18(29)16(26)10-13)28(25(32)24(21)31)14-6-4-3-5-7-14/h8-12,14,22,29-30H,3-7H2,1-2H3/b23-21+. The fourth-order valence-electron chi connectivity index (χ4n) is 4.80. The molecule has 2 aromatic rings. The summed E-state index contributed by atoms with van der Waals surface area (Å²) < 4.78 is 10.7. The Morgan fingerprint density at radius 2 is 1.65 bits per heavy atom. The number of rotatable bonds is 5. The van der Waals surface area contributed by atoms with Gasteiger partial charge in [-0.25, -0.2) is 0 Å². The second-order valence-corrected chi connectivity index (χ2v) is 9.21. The van der Waals surface area contributed by atoms with E-state index in [0.29, 0.717) is 5.56 Å². The minimum Gasteiger partial charge on any atom is -0.507 e. The first-order chi connectivity index (χ1) is 16.3. The number of methoxy groups -OCH3 is 2. The van der Waals surface area contributed by atoms with Crippen LogP contribution < -0.4 is 9.47 Å². The van der Waals surface area contributed by atoms with Gasteiger partial charge in [0, 0.05) is 12.1 Å². The van der Waals surface area contributed by atoms with Crippen molar-refractivity contribution in [2.45, 2.75) is 44.2 Å². The molecule has 4 rings (SSSR count). The topological polar surface area (TPSA) is 96.3 Å². The number of likely N-dealkylation sites (tertiary alicyclic amines) is 1. The zero-order chi connectivity index (χ0) is 24.6. The molecular formula is C25H25Cl2NO6. The van der Waals surface area contributed by atoms with E-state index in [-0.39, 0.29) is 44.5 Å². The Bertz CT molecular complexity index is 1170. The molecule has 1 unspecified atom stereocenters. The largest absolute Gasteiger partial charge is 0.507 e. The van der Waals surface area contributed by atoms with Crippen LogP contribution in [-0.2, 0) is 9.59 Å². The third-order valence-corrected chi connectivity index (χ3v) is 7.06. The fraction of sp³-hybridized carbons (Fsp3) is 0.360. The van der Waals surface area contributed by atoms with Crippen LogP contribution in [0.25, 0.3) is 5.76 Å². The Hall–Kier alpha value is -2.90. The average Bonchev–Trinajstić information content (AvgIpc) is 3.11. The lowest BCUT2D eigenvalue weighted by Crippen LogP contribution is -2.40. The van der Waals surface area contributed by atoms with Gasteiger partial charge in [-0.05, 0) is 36.6 Å². The van der Waals surface area contributed by atoms with Gasteiger partial charge in [0.15, 0.2) is 0 Å². The molecule has 2 fully saturated rings. The van der Waals surface area contributed by atoms with E-state index in [1.807, 2.05) is 0 Å². The molecule has 7 nitrogen and oxygen atoms in total. The number of aliphatic hydroxyl groups excluding tert-OH is 1. The van der Waals surface area contributed by atoms with Crippen molar-refractivity contribution in [3.05, 3.63) is 57.1 Å². The Balaban J connectivity index is 1.95. The molecule has 9 heteroatoms. The smallest absolute Gasteiger partial charge is 0.295 e. The van der Waals surface area contributed by atoms with Crippen molar-refractivity contribution in [3.8, 4) is 17.2 Å². The maximum absolute atomic E-state index is 13.3. The average molecular weight is 506 g/mol. The highest BCUT2D eigenvalue weighted by Gasteiger charge is 2.49. The predicted octanol–water partition coefficient (Wildman–Crippen LogP) is 5.47. The second kappa shape index (κ2) is 9.76. The molecule has 1 saturated carbocycles. The van der Waals surface area contributed by atoms with Gasteiger partial charge in [-0.1, -0.05) is 48.5 Å². The Morgan fingerprint density at radius 1 is 0.971 bits per heavy atom. The molecule has 1 heterocycles. The number of benzene rings is 2. The van der Waals surface area contributed by atoms with Gasteiger partial charge in [0.25, 0.3) is 11.7 Å². The number of carbonyl (C=O) groups is 2. The number of aliphatic hydroxyl groups is 1. The summed E-state index contributed by atoms with van der Waals surface area (Å²) in [5, 5.41) is 21.7. The van der Waals surface area contributed by atoms with E-state index >= 15 is 0 Å². The zero-order valence-corrected chi connectivity index (χ0v) is 20.3. The SMILES string of the molecule is COc1cc(/C(O)=C2\C(=O)C(=O)N(C3CCCCC3)C2c2ccc(O)c(Cl)c2)c(OC)cc1Cl. The number of amides is 1. The quantitative estimate of drug-likeness (QED) is 0.317. The van der Waals surface area contributed by atoms with Crippen LogP contribution in [0.15, 0.2) is 35.9 Å². The molecule has 0 radical (unpaired) electrons. The third kappa shape index (κ3) is 4.18. The lowest BCUT2D eigenvalue weighted by atomic mass is 9.90. The summed E-state index contributed by atoms with van der Waals surface area (Å²) in [7, 11) is 2.84. The van der Waals surface area contributed by atoms with E-state index in [1.54, 1.807) is 11.0 Å². The fourth-order valence-corrected chi connectivity index (χ4v) is 5.22. The van der Waals surface area contributed by atoms with Crippen molar-refractivity contribution in [2.75, 3.05) is 14.2 Å². The summed E-state index contributed by atoms with van der Waals surface area (Å²) in [5.41, 5.74) is 0.592. The lowest BCUT2D eigenvalue weighted by Gasteiger charge is -2.35. The van der Waals surface area contributed by atoms with Gasteiger partial charge in [-0.3, -0.25) is 9.59 Å². The van der Waals surface area contributed by atoms with E-state index in [9.17, 15) is 19.8 Å². The van der Waals surface area contributed by atoms with Gasteiger partial charge >= 0.3 is 0 Å². The second-order valence-electron chi connectivity index (χ2n) is 8.40. The number of carbonyl (C=O) groups excluding carboxylic acids is 2. The van der Waals surface area contributed by atoms with E-state index in [1.165, 1.54) is 38.5 Å². The Kier molecular flexibility index (Phi) is 6.96. The van der Waals surface area contributed by atoms with Crippen LogP contribution in [0.3, 0.4) is 0 Å². The Morgan fingerprint density at radius 3 is 2.26 bits per heavy atom. The van der Waals surface area contributed by atoms with Crippen LogP contribution in [0, 0.1) is 0 Å². The summed E-state index contributed by atoms with van der Waals surface area (Å²) in [4.78, 5) is 28.2. The number of nitrogens with zero attached hydrogens (tertiary/aromatic N) is 1. The molecule has 1 aliphatic heterocycles. The minimum absolute atomic E-state index is 0.0810. The summed E-state index contributed by atoms with van der Waals surface area (Å²) in [6.45, 7) is 0. The van der Waals surface area contributed by atoms with Crippen LogP contribution in [0.4, 0.5) is 0 Å². The number of phenols is 1. The number of aromatic hydroxyl groups is 1. The normalized spacial score (nSPS) is 20.6. The van der Waals surface area contributed by atoms with E-state index < -0.39 is 23.5 Å². The summed E-state index contributed by atoms with van der Waals surface area (Å²) >= 11 is 12.4. The maximum atomic E-state index is 13.3. The summed E-state index contributed by atoms with van der Waals surface area (Å²) in [5.74, 6) is -1.51. The molecule has 2 aromatic carbocycles. The maximum Gasteiger partial charge on any atom is 0.295 e. The van der Waals surface area contributed by atoms with Crippen molar-refractivity contribution >= 4 is 40.7 Å². The van der Waals surface area contributed by atoms with Gasteiger partial charge < -0.3 is 24.6 Å². The number of Topliss-reactive ketones (excluding diaryl/α,β-unsaturated/α-hetero) is 1. The molecule has 1 amide bonds. The van der Waals surface area contributed by atoms with Crippen molar-refractivity contribution < 1.29 is 29.3 Å². The van der Waals surface area contributed by atoms with Gasteiger partial charge in [0.1, 0.15) is 23.0 Å². The van der Waals surface area contributed by atoms with Gasteiger partial charge in [0.05, 0.1) is 41.4 Å². The first-order valence-electron chi connectivity index (χ1n) is 11.0. The summed E-state index contributed by atoms with van der Waals surface area (Å²) in [6, 6.07) is 6.41. The number of halogens is 2. The predicted molar refractivity (Wildman–Crippen MR) is 129 cm³/mol.